The number of esters is 1. The predicted octanol–water partition coefficient (Wildman–Crippen LogP) is 3.80. The van der Waals surface area contributed by atoms with Crippen LogP contribution >= 0.6 is 11.3 Å². The van der Waals surface area contributed by atoms with Crippen LogP contribution in [-0.2, 0) is 11.3 Å². The molecular weight excluding hydrogens is 305 g/mol. The van der Waals surface area contributed by atoms with Gasteiger partial charge in [0.05, 0.1) is 22.9 Å². The highest BCUT2D eigenvalue weighted by molar-refractivity contribution is 7.18. The number of ether oxygens (including phenoxy) is 2. The van der Waals surface area contributed by atoms with Crippen molar-refractivity contribution in [3.8, 4) is 5.75 Å². The molecule has 1 aromatic heterocycles. The first kappa shape index (κ1) is 14.5. The van der Waals surface area contributed by atoms with Crippen molar-refractivity contribution in [2.45, 2.75) is 6.61 Å². The Morgan fingerprint density at radius 2 is 2.09 bits per heavy atom. The molecule has 0 radical (unpaired) electrons. The number of nitrogens with zero attached hydrogens (tertiary/aromatic N) is 1. The normalized spacial score (nSPS) is 10.6. The van der Waals surface area contributed by atoms with Crippen LogP contribution in [0.5, 0.6) is 5.75 Å². The minimum Gasteiger partial charge on any atom is -0.494 e. The fourth-order valence-corrected chi connectivity index (χ4v) is 2.87. The van der Waals surface area contributed by atoms with Gasteiger partial charge < -0.3 is 9.47 Å². The molecular formula is C16H12FNO3S. The third-order valence-electron chi connectivity index (χ3n) is 3.05. The van der Waals surface area contributed by atoms with E-state index >= 15 is 0 Å². The summed E-state index contributed by atoms with van der Waals surface area (Å²) < 4.78 is 24.6. The Morgan fingerprint density at radius 1 is 1.27 bits per heavy atom. The van der Waals surface area contributed by atoms with Crippen molar-refractivity contribution < 1.29 is 18.7 Å². The predicted molar refractivity (Wildman–Crippen MR) is 81.7 cm³/mol. The Bertz CT molecular complexity index is 798. The Labute approximate surface area is 130 Å². The van der Waals surface area contributed by atoms with Crippen molar-refractivity contribution >= 4 is 27.5 Å². The van der Waals surface area contributed by atoms with Crippen LogP contribution in [0.4, 0.5) is 4.39 Å². The number of halogens is 1. The molecule has 4 nitrogen and oxygen atoms in total. The third kappa shape index (κ3) is 2.92. The van der Waals surface area contributed by atoms with E-state index in [4.69, 9.17) is 9.47 Å². The molecule has 0 aliphatic rings. The van der Waals surface area contributed by atoms with Gasteiger partial charge in [-0.1, -0.05) is 12.1 Å². The lowest BCUT2D eigenvalue weighted by Crippen LogP contribution is -2.05. The van der Waals surface area contributed by atoms with Gasteiger partial charge in [0.1, 0.15) is 11.6 Å². The van der Waals surface area contributed by atoms with Crippen LogP contribution < -0.4 is 4.74 Å². The zero-order chi connectivity index (χ0) is 15.5. The topological polar surface area (TPSA) is 48.4 Å². The van der Waals surface area contributed by atoms with E-state index in [0.717, 1.165) is 16.3 Å². The molecule has 0 saturated heterocycles. The average molecular weight is 317 g/mol. The highest BCUT2D eigenvalue weighted by atomic mass is 32.1. The molecule has 1 heterocycles. The minimum absolute atomic E-state index is 0.0613. The summed E-state index contributed by atoms with van der Waals surface area (Å²) in [7, 11) is 1.36. The summed E-state index contributed by atoms with van der Waals surface area (Å²) in [4.78, 5) is 16.3. The monoisotopic (exact) mass is 317 g/mol. The van der Waals surface area contributed by atoms with Crippen LogP contribution in [0.15, 0.2) is 42.5 Å². The fourth-order valence-electron chi connectivity index (χ4n) is 1.99. The standard InChI is InChI=1S/C16H12FNO3S/c1-20-13-7-6-10(8-11(13)17)16(19)21-9-15-18-12-4-2-3-5-14(12)22-15/h2-8H,9H2,1H3. The van der Waals surface area contributed by atoms with Crippen LogP contribution in [0.3, 0.4) is 0 Å². The summed E-state index contributed by atoms with van der Waals surface area (Å²) in [6.07, 6.45) is 0. The van der Waals surface area contributed by atoms with Crippen LogP contribution in [0.2, 0.25) is 0 Å². The van der Waals surface area contributed by atoms with Crippen molar-refractivity contribution in [1.82, 2.24) is 4.98 Å². The van der Waals surface area contributed by atoms with Gasteiger partial charge in [0.15, 0.2) is 11.6 Å². The van der Waals surface area contributed by atoms with Gasteiger partial charge in [-0.15, -0.1) is 11.3 Å². The van der Waals surface area contributed by atoms with E-state index < -0.39 is 11.8 Å². The van der Waals surface area contributed by atoms with E-state index in [1.807, 2.05) is 24.3 Å². The zero-order valence-electron chi connectivity index (χ0n) is 11.7. The number of thiazole rings is 1. The molecule has 3 aromatic rings. The van der Waals surface area contributed by atoms with Crippen molar-refractivity contribution in [2.24, 2.45) is 0 Å². The summed E-state index contributed by atoms with van der Waals surface area (Å²) >= 11 is 1.46. The molecule has 22 heavy (non-hydrogen) atoms. The van der Waals surface area contributed by atoms with Crippen LogP contribution in [0.1, 0.15) is 15.4 Å². The number of aromatic nitrogens is 1. The number of benzene rings is 2. The molecule has 6 heteroatoms. The second kappa shape index (κ2) is 6.11. The largest absolute Gasteiger partial charge is 0.494 e. The van der Waals surface area contributed by atoms with Gasteiger partial charge in [-0.2, -0.15) is 0 Å². The molecule has 0 aliphatic heterocycles. The van der Waals surface area contributed by atoms with Crippen molar-refractivity contribution in [1.29, 1.82) is 0 Å². The summed E-state index contributed by atoms with van der Waals surface area (Å²) in [6, 6.07) is 11.6. The summed E-state index contributed by atoms with van der Waals surface area (Å²) in [5.41, 5.74) is 1.01. The molecule has 0 spiro atoms. The lowest BCUT2D eigenvalue weighted by Gasteiger charge is -2.05. The molecule has 112 valence electrons. The first-order valence-electron chi connectivity index (χ1n) is 6.52. The molecule has 0 aliphatic carbocycles. The highest BCUT2D eigenvalue weighted by Gasteiger charge is 2.12. The number of methoxy groups -OCH3 is 1. The summed E-state index contributed by atoms with van der Waals surface area (Å²) in [5.74, 6) is -1.11. The molecule has 0 saturated carbocycles. The Morgan fingerprint density at radius 3 is 2.82 bits per heavy atom. The second-order valence-electron chi connectivity index (χ2n) is 4.50. The number of para-hydroxylation sites is 1. The minimum atomic E-state index is -0.600. The van der Waals surface area contributed by atoms with Crippen molar-refractivity contribution in [3.05, 3.63) is 58.9 Å². The molecule has 0 bridgehead atoms. The molecule has 2 aromatic carbocycles. The summed E-state index contributed by atoms with van der Waals surface area (Å²) in [6.45, 7) is 0.0613. The molecule has 0 N–H and O–H groups in total. The van der Waals surface area contributed by atoms with Gasteiger partial charge in [-0.05, 0) is 30.3 Å². The van der Waals surface area contributed by atoms with E-state index in [1.165, 1.54) is 30.6 Å². The first-order valence-corrected chi connectivity index (χ1v) is 7.34. The lowest BCUT2D eigenvalue weighted by molar-refractivity contribution is 0.0472. The van der Waals surface area contributed by atoms with E-state index in [9.17, 15) is 9.18 Å². The van der Waals surface area contributed by atoms with Crippen molar-refractivity contribution in [3.63, 3.8) is 0 Å². The fraction of sp³-hybridized carbons (Fsp3) is 0.125. The SMILES string of the molecule is COc1ccc(C(=O)OCc2nc3ccccc3s2)cc1F. The number of carbonyl (C=O) groups excluding carboxylic acids is 1. The average Bonchev–Trinajstić information content (AvgIpc) is 2.95. The van der Waals surface area contributed by atoms with E-state index in [0.29, 0.717) is 5.01 Å². The van der Waals surface area contributed by atoms with Crippen molar-refractivity contribution in [2.75, 3.05) is 7.11 Å². The van der Waals surface area contributed by atoms with Gasteiger partial charge in [0.2, 0.25) is 0 Å². The molecule has 0 fully saturated rings. The maximum absolute atomic E-state index is 13.6. The van der Waals surface area contributed by atoms with E-state index in [1.54, 1.807) is 0 Å². The van der Waals surface area contributed by atoms with Crippen LogP contribution in [-0.4, -0.2) is 18.1 Å². The Balaban J connectivity index is 1.70. The number of hydrogen-bond donors (Lipinski definition) is 0. The van der Waals surface area contributed by atoms with Gasteiger partial charge in [0, 0.05) is 0 Å². The maximum Gasteiger partial charge on any atom is 0.338 e. The van der Waals surface area contributed by atoms with Gasteiger partial charge in [-0.3, -0.25) is 0 Å². The number of hydrogen-bond acceptors (Lipinski definition) is 5. The second-order valence-corrected chi connectivity index (χ2v) is 5.62. The highest BCUT2D eigenvalue weighted by Crippen LogP contribution is 2.23. The Kier molecular flexibility index (Phi) is 4.02. The van der Waals surface area contributed by atoms with Gasteiger partial charge >= 0.3 is 5.97 Å². The number of carbonyl (C=O) groups is 1. The number of rotatable bonds is 4. The smallest absolute Gasteiger partial charge is 0.338 e. The van der Waals surface area contributed by atoms with Gasteiger partial charge in [-0.25, -0.2) is 14.2 Å². The molecule has 3 rings (SSSR count). The molecule has 0 unspecified atom stereocenters. The van der Waals surface area contributed by atoms with Crippen LogP contribution in [0, 0.1) is 5.82 Å². The summed E-state index contributed by atoms with van der Waals surface area (Å²) in [5, 5.41) is 0.698. The van der Waals surface area contributed by atoms with E-state index in [-0.39, 0.29) is 17.9 Å². The number of fused-ring (bicyclic) bond motifs is 1. The lowest BCUT2D eigenvalue weighted by atomic mass is 10.2. The zero-order valence-corrected chi connectivity index (χ0v) is 12.5. The third-order valence-corrected chi connectivity index (χ3v) is 4.06. The Hall–Kier alpha value is -2.47. The van der Waals surface area contributed by atoms with Gasteiger partial charge in [0.25, 0.3) is 0 Å². The quantitative estimate of drug-likeness (QED) is 0.687. The van der Waals surface area contributed by atoms with Crippen LogP contribution in [0.25, 0.3) is 10.2 Å². The first-order chi connectivity index (χ1) is 10.7. The molecule has 0 amide bonds. The van der Waals surface area contributed by atoms with E-state index in [2.05, 4.69) is 4.98 Å². The molecule has 0 atom stereocenters. The maximum atomic E-state index is 13.6.